The second kappa shape index (κ2) is 8.19. The minimum atomic E-state index is -0.200. The number of amides is 1. The number of hydrogen-bond donors (Lipinski definition) is 2. The van der Waals surface area contributed by atoms with Gasteiger partial charge in [0.05, 0.1) is 17.6 Å². The van der Waals surface area contributed by atoms with Crippen molar-refractivity contribution >= 4 is 41.4 Å². The minimum absolute atomic E-state index is 0. The van der Waals surface area contributed by atoms with Gasteiger partial charge in [-0.05, 0) is 30.1 Å². The number of carbonyl (C=O) groups is 1. The highest BCUT2D eigenvalue weighted by Crippen LogP contribution is 2.17. The van der Waals surface area contributed by atoms with Gasteiger partial charge in [-0.3, -0.25) is 4.79 Å². The molecular weight excluding hydrogens is 336 g/mol. The van der Waals surface area contributed by atoms with Crippen molar-refractivity contribution in [2.45, 2.75) is 13.3 Å². The summed E-state index contributed by atoms with van der Waals surface area (Å²) < 4.78 is 3.83. The molecule has 2 aromatic rings. The van der Waals surface area contributed by atoms with E-state index >= 15 is 0 Å². The maximum Gasteiger partial charge on any atom is 0.270 e. The lowest BCUT2D eigenvalue weighted by Crippen LogP contribution is -2.43. The average Bonchev–Trinajstić information content (AvgIpc) is 3.05. The van der Waals surface area contributed by atoms with Crippen molar-refractivity contribution in [3.05, 3.63) is 28.9 Å². The third kappa shape index (κ3) is 4.15. The SMILES string of the molecule is CCc1nnsc1C(=O)Nc1ccc(N2CCNCC2)cn1.Cl. The fraction of sp³-hybridized carbons (Fsp3) is 0.429. The maximum atomic E-state index is 12.2. The van der Waals surface area contributed by atoms with E-state index in [1.165, 1.54) is 0 Å². The number of carbonyl (C=O) groups excluding carboxylic acids is 1. The third-order valence-electron chi connectivity index (χ3n) is 3.57. The van der Waals surface area contributed by atoms with E-state index in [1.807, 2.05) is 19.1 Å². The molecule has 0 radical (unpaired) electrons. The van der Waals surface area contributed by atoms with E-state index in [9.17, 15) is 4.79 Å². The largest absolute Gasteiger partial charge is 0.368 e. The number of anilines is 2. The molecule has 1 aliphatic rings. The first kappa shape index (κ1) is 17.6. The molecule has 0 spiro atoms. The van der Waals surface area contributed by atoms with Crippen LogP contribution in [0.25, 0.3) is 0 Å². The number of halogens is 1. The lowest BCUT2D eigenvalue weighted by molar-refractivity contribution is 0.102. The summed E-state index contributed by atoms with van der Waals surface area (Å²) in [4.78, 5) is 19.4. The summed E-state index contributed by atoms with van der Waals surface area (Å²) in [5.74, 6) is 0.341. The van der Waals surface area contributed by atoms with Gasteiger partial charge >= 0.3 is 0 Å². The summed E-state index contributed by atoms with van der Waals surface area (Å²) >= 11 is 1.11. The fourth-order valence-electron chi connectivity index (χ4n) is 2.36. The average molecular weight is 355 g/mol. The molecule has 0 saturated carbocycles. The lowest BCUT2D eigenvalue weighted by atomic mass is 10.3. The molecule has 1 saturated heterocycles. The second-order valence-electron chi connectivity index (χ2n) is 5.00. The highest BCUT2D eigenvalue weighted by Gasteiger charge is 2.16. The Hall–Kier alpha value is -1.77. The van der Waals surface area contributed by atoms with Crippen molar-refractivity contribution in [2.24, 2.45) is 0 Å². The summed E-state index contributed by atoms with van der Waals surface area (Å²) in [5, 5.41) is 10.1. The zero-order chi connectivity index (χ0) is 15.4. The zero-order valence-corrected chi connectivity index (χ0v) is 14.4. The van der Waals surface area contributed by atoms with Crippen LogP contribution in [0.4, 0.5) is 11.5 Å². The Labute approximate surface area is 145 Å². The first-order valence-electron chi connectivity index (χ1n) is 7.32. The monoisotopic (exact) mass is 354 g/mol. The van der Waals surface area contributed by atoms with Gasteiger partial charge in [0.25, 0.3) is 5.91 Å². The van der Waals surface area contributed by atoms with Gasteiger partial charge in [0.1, 0.15) is 10.7 Å². The van der Waals surface area contributed by atoms with Crippen LogP contribution in [0.15, 0.2) is 18.3 Å². The first-order chi connectivity index (χ1) is 10.8. The molecule has 0 unspecified atom stereocenters. The predicted octanol–water partition coefficient (Wildman–Crippen LogP) is 1.58. The van der Waals surface area contributed by atoms with Crippen LogP contribution in [0, 0.1) is 0 Å². The molecule has 0 bridgehead atoms. The summed E-state index contributed by atoms with van der Waals surface area (Å²) in [6.45, 7) is 5.86. The summed E-state index contributed by atoms with van der Waals surface area (Å²) in [6.07, 6.45) is 2.49. The molecule has 9 heteroatoms. The Bertz CT molecular complexity index is 641. The van der Waals surface area contributed by atoms with Crippen LogP contribution in [0.1, 0.15) is 22.3 Å². The van der Waals surface area contributed by atoms with Crippen LogP contribution in [0.2, 0.25) is 0 Å². The zero-order valence-electron chi connectivity index (χ0n) is 12.8. The minimum Gasteiger partial charge on any atom is -0.368 e. The van der Waals surface area contributed by atoms with Crippen molar-refractivity contribution in [1.29, 1.82) is 0 Å². The van der Waals surface area contributed by atoms with Crippen LogP contribution in [-0.4, -0.2) is 46.7 Å². The molecular formula is C14H19ClN6OS. The lowest BCUT2D eigenvalue weighted by Gasteiger charge is -2.29. The summed E-state index contributed by atoms with van der Waals surface area (Å²) in [5.41, 5.74) is 1.80. The van der Waals surface area contributed by atoms with Gasteiger partial charge in [-0.2, -0.15) is 0 Å². The Morgan fingerprint density at radius 3 is 2.83 bits per heavy atom. The topological polar surface area (TPSA) is 83.0 Å². The molecule has 7 nitrogen and oxygen atoms in total. The van der Waals surface area contributed by atoms with E-state index in [0.29, 0.717) is 17.1 Å². The van der Waals surface area contributed by atoms with E-state index in [1.54, 1.807) is 6.20 Å². The van der Waals surface area contributed by atoms with Gasteiger partial charge in [0, 0.05) is 26.2 Å². The molecule has 2 N–H and O–H groups in total. The van der Waals surface area contributed by atoms with Crippen LogP contribution in [0.3, 0.4) is 0 Å². The summed E-state index contributed by atoms with van der Waals surface area (Å²) in [6, 6.07) is 3.81. The quantitative estimate of drug-likeness (QED) is 0.867. The van der Waals surface area contributed by atoms with Crippen molar-refractivity contribution in [1.82, 2.24) is 19.9 Å². The normalized spacial score (nSPS) is 14.2. The first-order valence-corrected chi connectivity index (χ1v) is 8.09. The van der Waals surface area contributed by atoms with Crippen LogP contribution in [-0.2, 0) is 6.42 Å². The number of nitrogens with one attached hydrogen (secondary N) is 2. The Morgan fingerprint density at radius 2 is 2.17 bits per heavy atom. The van der Waals surface area contributed by atoms with Gasteiger partial charge < -0.3 is 15.5 Å². The maximum absolute atomic E-state index is 12.2. The molecule has 1 aliphatic heterocycles. The van der Waals surface area contributed by atoms with E-state index in [-0.39, 0.29) is 18.3 Å². The van der Waals surface area contributed by atoms with Crippen molar-refractivity contribution in [3.63, 3.8) is 0 Å². The van der Waals surface area contributed by atoms with E-state index in [0.717, 1.165) is 49.1 Å². The fourth-order valence-corrected chi connectivity index (χ4v) is 3.00. The molecule has 3 heterocycles. The molecule has 0 aromatic carbocycles. The van der Waals surface area contributed by atoms with E-state index in [4.69, 9.17) is 0 Å². The highest BCUT2D eigenvalue weighted by atomic mass is 35.5. The van der Waals surface area contributed by atoms with Crippen LogP contribution < -0.4 is 15.5 Å². The molecule has 2 aromatic heterocycles. The number of piperazine rings is 1. The van der Waals surface area contributed by atoms with Gasteiger partial charge in [-0.15, -0.1) is 17.5 Å². The Balaban J connectivity index is 0.00000192. The summed E-state index contributed by atoms with van der Waals surface area (Å²) in [7, 11) is 0. The van der Waals surface area contributed by atoms with Gasteiger partial charge in [0.2, 0.25) is 0 Å². The standard InChI is InChI=1S/C14H18N6OS.ClH/c1-2-11-13(22-19-18-11)14(21)17-12-4-3-10(9-16-12)20-7-5-15-6-8-20;/h3-4,9,15H,2,5-8H2,1H3,(H,16,17,21);1H. The highest BCUT2D eigenvalue weighted by molar-refractivity contribution is 7.08. The second-order valence-corrected chi connectivity index (χ2v) is 5.75. The molecule has 124 valence electrons. The predicted molar refractivity (Wildman–Crippen MR) is 93.8 cm³/mol. The van der Waals surface area contributed by atoms with Crippen molar-refractivity contribution in [2.75, 3.05) is 36.4 Å². The van der Waals surface area contributed by atoms with Crippen LogP contribution in [0.5, 0.6) is 0 Å². The van der Waals surface area contributed by atoms with E-state index in [2.05, 4.69) is 30.1 Å². The number of nitrogens with zero attached hydrogens (tertiary/aromatic N) is 4. The van der Waals surface area contributed by atoms with Gasteiger partial charge in [-0.1, -0.05) is 11.4 Å². The number of aryl methyl sites for hydroxylation is 1. The van der Waals surface area contributed by atoms with Gasteiger partial charge in [-0.25, -0.2) is 4.98 Å². The number of rotatable bonds is 4. The van der Waals surface area contributed by atoms with Crippen molar-refractivity contribution < 1.29 is 4.79 Å². The number of hydrogen-bond acceptors (Lipinski definition) is 7. The third-order valence-corrected chi connectivity index (χ3v) is 4.34. The van der Waals surface area contributed by atoms with Crippen LogP contribution >= 0.6 is 23.9 Å². The molecule has 3 rings (SSSR count). The number of aromatic nitrogens is 3. The smallest absolute Gasteiger partial charge is 0.270 e. The molecule has 0 aliphatic carbocycles. The molecule has 0 atom stereocenters. The molecule has 1 amide bonds. The van der Waals surface area contributed by atoms with E-state index < -0.39 is 0 Å². The molecule has 1 fully saturated rings. The number of pyridine rings is 1. The van der Waals surface area contributed by atoms with Gasteiger partial charge in [0.15, 0.2) is 0 Å². The Kier molecular flexibility index (Phi) is 6.26. The Morgan fingerprint density at radius 1 is 1.39 bits per heavy atom. The molecule has 23 heavy (non-hydrogen) atoms. The van der Waals surface area contributed by atoms with Crippen molar-refractivity contribution in [3.8, 4) is 0 Å².